The summed E-state index contributed by atoms with van der Waals surface area (Å²) in [5.74, 6) is 0.888. The van der Waals surface area contributed by atoms with E-state index in [4.69, 9.17) is 19.2 Å². The fourth-order valence-electron chi connectivity index (χ4n) is 4.38. The van der Waals surface area contributed by atoms with Crippen molar-refractivity contribution in [1.82, 2.24) is 14.5 Å². The molecule has 5 rings (SSSR count). The van der Waals surface area contributed by atoms with Gasteiger partial charge in [-0.2, -0.15) is 8.78 Å². The average molecular weight is 500 g/mol. The van der Waals surface area contributed by atoms with Crippen molar-refractivity contribution in [3.05, 3.63) is 70.2 Å². The largest absolute Gasteiger partial charge is 0.434 e. The van der Waals surface area contributed by atoms with Crippen LogP contribution in [0.5, 0.6) is 5.75 Å². The highest BCUT2D eigenvalue weighted by molar-refractivity contribution is 7.10. The van der Waals surface area contributed by atoms with E-state index in [1.807, 2.05) is 16.7 Å². The molecule has 0 spiro atoms. The molecule has 184 valence electrons. The Hall–Kier alpha value is -2.85. The second-order valence-electron chi connectivity index (χ2n) is 8.43. The molecule has 2 aromatic carbocycles. The molecule has 0 radical (unpaired) electrons. The van der Waals surface area contributed by atoms with Crippen molar-refractivity contribution in [2.45, 2.75) is 26.3 Å². The van der Waals surface area contributed by atoms with Crippen LogP contribution in [0, 0.1) is 0 Å². The second kappa shape index (κ2) is 10.8. The first-order valence-electron chi connectivity index (χ1n) is 11.5. The maximum atomic E-state index is 13.0. The van der Waals surface area contributed by atoms with Crippen LogP contribution in [0.2, 0.25) is 0 Å². The zero-order valence-corrected chi connectivity index (χ0v) is 20.3. The van der Waals surface area contributed by atoms with Crippen molar-refractivity contribution >= 4 is 22.4 Å². The molecule has 1 fully saturated rings. The number of methoxy groups -OCH3 is 1. The van der Waals surface area contributed by atoms with Crippen LogP contribution in [0.15, 0.2) is 53.9 Å². The molecule has 2 aromatic heterocycles. The average Bonchev–Trinajstić information content (AvgIpc) is 3.45. The molecule has 9 heteroatoms. The molecule has 1 aliphatic rings. The Morgan fingerprint density at radius 3 is 2.69 bits per heavy atom. The molecule has 0 bridgehead atoms. The Morgan fingerprint density at radius 1 is 1.06 bits per heavy atom. The number of imidazole rings is 1. The van der Waals surface area contributed by atoms with E-state index in [0.29, 0.717) is 18.7 Å². The van der Waals surface area contributed by atoms with Crippen LogP contribution in [0.4, 0.5) is 8.78 Å². The van der Waals surface area contributed by atoms with Crippen molar-refractivity contribution in [1.29, 1.82) is 0 Å². The molecule has 3 heterocycles. The van der Waals surface area contributed by atoms with Crippen LogP contribution in [0.25, 0.3) is 22.2 Å². The molecule has 1 saturated heterocycles. The third kappa shape index (κ3) is 5.54. The Balaban J connectivity index is 1.47. The zero-order chi connectivity index (χ0) is 24.2. The number of aromatic nitrogens is 2. The molecule has 0 saturated carbocycles. The molecule has 0 atom stereocenters. The van der Waals surface area contributed by atoms with Crippen molar-refractivity contribution in [2.24, 2.45) is 0 Å². The minimum Gasteiger partial charge on any atom is -0.434 e. The van der Waals surface area contributed by atoms with Gasteiger partial charge in [-0.25, -0.2) is 4.98 Å². The summed E-state index contributed by atoms with van der Waals surface area (Å²) < 4.78 is 43.5. The molecule has 0 amide bonds. The molecule has 0 unspecified atom stereocenters. The molecular formula is C26H27F2N3O3S. The van der Waals surface area contributed by atoms with E-state index in [-0.39, 0.29) is 5.75 Å². The number of thiophene rings is 1. The summed E-state index contributed by atoms with van der Waals surface area (Å²) in [5, 5.41) is 2.18. The monoisotopic (exact) mass is 499 g/mol. The number of para-hydroxylation sites is 1. The van der Waals surface area contributed by atoms with Crippen LogP contribution >= 0.6 is 11.3 Å². The number of ether oxygens (including phenoxy) is 3. The van der Waals surface area contributed by atoms with Gasteiger partial charge in [0, 0.05) is 37.2 Å². The summed E-state index contributed by atoms with van der Waals surface area (Å²) in [6, 6.07) is 15.3. The molecule has 4 aromatic rings. The van der Waals surface area contributed by atoms with Gasteiger partial charge >= 0.3 is 6.61 Å². The van der Waals surface area contributed by atoms with Crippen molar-refractivity contribution in [2.75, 3.05) is 33.4 Å². The smallest absolute Gasteiger partial charge is 0.387 e. The van der Waals surface area contributed by atoms with Gasteiger partial charge in [0.2, 0.25) is 0 Å². The summed E-state index contributed by atoms with van der Waals surface area (Å²) >= 11 is 1.76. The van der Waals surface area contributed by atoms with Crippen molar-refractivity contribution in [3.8, 4) is 16.9 Å². The van der Waals surface area contributed by atoms with Gasteiger partial charge in [0.05, 0.1) is 30.8 Å². The summed E-state index contributed by atoms with van der Waals surface area (Å²) in [6.07, 6.45) is 0. The highest BCUT2D eigenvalue weighted by Crippen LogP contribution is 2.31. The van der Waals surface area contributed by atoms with Crippen molar-refractivity contribution in [3.63, 3.8) is 0 Å². The molecule has 1 aliphatic heterocycles. The number of halogens is 2. The Bertz CT molecular complexity index is 1280. The predicted octanol–water partition coefficient (Wildman–Crippen LogP) is 5.39. The number of rotatable bonds is 9. The van der Waals surface area contributed by atoms with Gasteiger partial charge in [-0.1, -0.05) is 24.3 Å². The first-order valence-corrected chi connectivity index (χ1v) is 12.4. The van der Waals surface area contributed by atoms with E-state index < -0.39 is 6.61 Å². The molecule has 0 aliphatic carbocycles. The van der Waals surface area contributed by atoms with Gasteiger partial charge < -0.3 is 18.8 Å². The Kier molecular flexibility index (Phi) is 7.38. The fourth-order valence-corrected chi connectivity index (χ4v) is 5.31. The van der Waals surface area contributed by atoms with Crippen LogP contribution in [0.3, 0.4) is 0 Å². The first-order chi connectivity index (χ1) is 17.1. The number of hydrogen-bond donors (Lipinski definition) is 0. The third-order valence-electron chi connectivity index (χ3n) is 6.09. The first kappa shape index (κ1) is 23.9. The number of hydrogen-bond acceptors (Lipinski definition) is 6. The van der Waals surface area contributed by atoms with E-state index in [2.05, 4.69) is 28.5 Å². The lowest BCUT2D eigenvalue weighted by atomic mass is 10.1. The van der Waals surface area contributed by atoms with Gasteiger partial charge in [-0.05, 0) is 40.8 Å². The van der Waals surface area contributed by atoms with Crippen LogP contribution in [-0.4, -0.2) is 54.5 Å². The minimum atomic E-state index is -2.88. The lowest BCUT2D eigenvalue weighted by Crippen LogP contribution is -2.35. The van der Waals surface area contributed by atoms with Gasteiger partial charge in [0.25, 0.3) is 0 Å². The van der Waals surface area contributed by atoms with Crippen LogP contribution in [-0.2, 0) is 29.2 Å². The lowest BCUT2D eigenvalue weighted by molar-refractivity contribution is -0.0504. The minimum absolute atomic E-state index is 0.162. The SMILES string of the molecule is COCc1nc2ccc(-c3csc(CN4CCOCC4)c3)cc2n1Cc1ccccc1OC(F)F. The molecule has 35 heavy (non-hydrogen) atoms. The summed E-state index contributed by atoms with van der Waals surface area (Å²) in [5.41, 5.74) is 4.64. The Labute approximate surface area is 206 Å². The number of nitrogens with zero attached hydrogens (tertiary/aromatic N) is 3. The normalized spacial score (nSPS) is 14.7. The summed E-state index contributed by atoms with van der Waals surface area (Å²) in [7, 11) is 1.62. The van der Waals surface area contributed by atoms with Gasteiger partial charge in [0.15, 0.2) is 0 Å². The highest BCUT2D eigenvalue weighted by Gasteiger charge is 2.17. The van der Waals surface area contributed by atoms with Gasteiger partial charge in [-0.15, -0.1) is 11.3 Å². The fraction of sp³-hybridized carbons (Fsp3) is 0.346. The van der Waals surface area contributed by atoms with Gasteiger partial charge in [-0.3, -0.25) is 4.90 Å². The lowest BCUT2D eigenvalue weighted by Gasteiger charge is -2.25. The van der Waals surface area contributed by atoms with Gasteiger partial charge in [0.1, 0.15) is 18.2 Å². The number of morpholine rings is 1. The highest BCUT2D eigenvalue weighted by atomic mass is 32.1. The quantitative estimate of drug-likeness (QED) is 0.309. The number of fused-ring (bicyclic) bond motifs is 1. The van der Waals surface area contributed by atoms with E-state index in [1.54, 1.807) is 36.6 Å². The van der Waals surface area contributed by atoms with E-state index in [9.17, 15) is 8.78 Å². The molecule has 0 N–H and O–H groups in total. The van der Waals surface area contributed by atoms with E-state index in [1.165, 1.54) is 4.88 Å². The number of alkyl halides is 2. The standard InChI is InChI=1S/C26H27F2N3O3S/c1-32-16-25-29-22-7-6-18(20-12-21(35-17-20)15-30-8-10-33-11-9-30)13-23(22)31(25)14-19-4-2-3-5-24(19)34-26(27)28/h2-7,12-13,17,26H,8-11,14-16H2,1H3. The number of benzene rings is 2. The Morgan fingerprint density at radius 2 is 1.89 bits per heavy atom. The maximum absolute atomic E-state index is 13.0. The summed E-state index contributed by atoms with van der Waals surface area (Å²) in [4.78, 5) is 8.46. The van der Waals surface area contributed by atoms with E-state index in [0.717, 1.165) is 60.8 Å². The molecule has 6 nitrogen and oxygen atoms in total. The molecular weight excluding hydrogens is 472 g/mol. The van der Waals surface area contributed by atoms with Crippen molar-refractivity contribution < 1.29 is 23.0 Å². The zero-order valence-electron chi connectivity index (χ0n) is 19.5. The van der Waals surface area contributed by atoms with Crippen LogP contribution < -0.4 is 4.74 Å². The van der Waals surface area contributed by atoms with E-state index >= 15 is 0 Å². The van der Waals surface area contributed by atoms with Crippen LogP contribution in [0.1, 0.15) is 16.3 Å². The maximum Gasteiger partial charge on any atom is 0.387 e. The summed E-state index contributed by atoms with van der Waals surface area (Å²) in [6.45, 7) is 2.17. The second-order valence-corrected chi connectivity index (χ2v) is 9.42. The predicted molar refractivity (Wildman–Crippen MR) is 132 cm³/mol. The topological polar surface area (TPSA) is 48.8 Å². The third-order valence-corrected chi connectivity index (χ3v) is 7.01.